The number of rotatable bonds is 12. The lowest BCUT2D eigenvalue weighted by atomic mass is 10.1. The van der Waals surface area contributed by atoms with Crippen molar-refractivity contribution in [3.8, 4) is 11.5 Å². The monoisotopic (exact) mass is 304 g/mol. The molecule has 22 heavy (non-hydrogen) atoms. The van der Waals surface area contributed by atoms with E-state index in [-0.39, 0.29) is 0 Å². The summed E-state index contributed by atoms with van der Waals surface area (Å²) in [5.74, 6) is 1.66. The summed E-state index contributed by atoms with van der Waals surface area (Å²) in [5.41, 5.74) is 1.14. The largest absolute Gasteiger partial charge is 0.454 e. The van der Waals surface area contributed by atoms with Gasteiger partial charge < -0.3 is 14.2 Å². The molecule has 2 rings (SSSR count). The topological polar surface area (TPSA) is 27.7 Å². The van der Waals surface area contributed by atoms with Gasteiger partial charge in [0.25, 0.3) is 0 Å². The normalized spacial score (nSPS) is 12.5. The van der Waals surface area contributed by atoms with Crippen LogP contribution in [0.4, 0.5) is 0 Å². The maximum absolute atomic E-state index is 5.73. The zero-order chi connectivity index (χ0) is 15.5. The smallest absolute Gasteiger partial charge is 0.231 e. The Hall–Kier alpha value is -1.48. The molecular formula is C19H28O3. The number of fused-ring (bicyclic) bond motifs is 1. The average molecular weight is 304 g/mol. The Kier molecular flexibility index (Phi) is 7.89. The zero-order valence-electron chi connectivity index (χ0n) is 13.5. The molecular weight excluding hydrogens is 276 g/mol. The molecule has 0 amide bonds. The fourth-order valence-corrected chi connectivity index (χ4v) is 2.60. The van der Waals surface area contributed by atoms with E-state index < -0.39 is 0 Å². The first kappa shape index (κ1) is 16.9. The second kappa shape index (κ2) is 10.3. The highest BCUT2D eigenvalue weighted by atomic mass is 16.7. The number of benzene rings is 1. The van der Waals surface area contributed by atoms with E-state index in [4.69, 9.17) is 14.2 Å². The molecule has 0 aliphatic carbocycles. The predicted molar refractivity (Wildman–Crippen MR) is 89.4 cm³/mol. The van der Waals surface area contributed by atoms with E-state index in [0.717, 1.165) is 36.5 Å². The Morgan fingerprint density at radius 3 is 2.50 bits per heavy atom. The van der Waals surface area contributed by atoms with E-state index in [1.54, 1.807) is 0 Å². The Balaban J connectivity index is 1.44. The fraction of sp³-hybridized carbons (Fsp3) is 0.579. The molecule has 3 nitrogen and oxygen atoms in total. The molecule has 0 saturated carbocycles. The average Bonchev–Trinajstić information content (AvgIpc) is 3.00. The summed E-state index contributed by atoms with van der Waals surface area (Å²) in [6.45, 7) is 5.56. The summed E-state index contributed by atoms with van der Waals surface area (Å²) in [7, 11) is 0. The summed E-state index contributed by atoms with van der Waals surface area (Å²) < 4.78 is 16.4. The maximum Gasteiger partial charge on any atom is 0.231 e. The molecule has 0 saturated heterocycles. The number of allylic oxidation sites excluding steroid dienone is 1. The quantitative estimate of drug-likeness (QED) is 0.390. The third-order valence-electron chi connectivity index (χ3n) is 3.90. The van der Waals surface area contributed by atoms with Crippen molar-refractivity contribution in [3.63, 3.8) is 0 Å². The molecule has 0 radical (unpaired) electrons. The second-order valence-electron chi connectivity index (χ2n) is 5.79. The number of hydrogen-bond acceptors (Lipinski definition) is 3. The van der Waals surface area contributed by atoms with Gasteiger partial charge in [-0.2, -0.15) is 0 Å². The Morgan fingerprint density at radius 1 is 0.955 bits per heavy atom. The minimum absolute atomic E-state index is 0.327. The molecule has 0 spiro atoms. The van der Waals surface area contributed by atoms with Gasteiger partial charge in [-0.25, -0.2) is 0 Å². The number of ether oxygens (including phenoxy) is 3. The van der Waals surface area contributed by atoms with Crippen molar-refractivity contribution in [3.05, 3.63) is 36.4 Å². The van der Waals surface area contributed by atoms with E-state index >= 15 is 0 Å². The summed E-state index contributed by atoms with van der Waals surface area (Å²) in [5, 5.41) is 0. The minimum Gasteiger partial charge on any atom is -0.454 e. The van der Waals surface area contributed by atoms with Gasteiger partial charge in [-0.15, -0.1) is 6.58 Å². The van der Waals surface area contributed by atoms with Crippen molar-refractivity contribution in [1.82, 2.24) is 0 Å². The molecule has 1 heterocycles. The van der Waals surface area contributed by atoms with Crippen LogP contribution in [-0.2, 0) is 11.3 Å². The van der Waals surface area contributed by atoms with Gasteiger partial charge in [0.2, 0.25) is 6.79 Å². The lowest BCUT2D eigenvalue weighted by Gasteiger charge is -2.05. The third-order valence-corrected chi connectivity index (χ3v) is 3.90. The Morgan fingerprint density at radius 2 is 1.68 bits per heavy atom. The third kappa shape index (κ3) is 6.10. The Labute approximate surface area is 134 Å². The van der Waals surface area contributed by atoms with Crippen molar-refractivity contribution in [1.29, 1.82) is 0 Å². The molecule has 0 unspecified atom stereocenters. The molecule has 1 aromatic rings. The van der Waals surface area contributed by atoms with Gasteiger partial charge in [-0.05, 0) is 37.0 Å². The van der Waals surface area contributed by atoms with Crippen LogP contribution in [0, 0.1) is 0 Å². The molecule has 1 aromatic carbocycles. The van der Waals surface area contributed by atoms with Gasteiger partial charge in [-0.3, -0.25) is 0 Å². The van der Waals surface area contributed by atoms with E-state index in [2.05, 4.69) is 6.58 Å². The highest BCUT2D eigenvalue weighted by Crippen LogP contribution is 2.32. The van der Waals surface area contributed by atoms with Crippen LogP contribution >= 0.6 is 0 Å². The van der Waals surface area contributed by atoms with Crippen LogP contribution in [0.2, 0.25) is 0 Å². The summed E-state index contributed by atoms with van der Waals surface area (Å²) in [6, 6.07) is 6.00. The lowest BCUT2D eigenvalue weighted by molar-refractivity contribution is 0.116. The fourth-order valence-electron chi connectivity index (χ4n) is 2.60. The SMILES string of the molecule is C=CCCCCCCCCCOCc1ccc2c(c1)OCO2. The van der Waals surface area contributed by atoms with Crippen LogP contribution in [0.25, 0.3) is 0 Å². The zero-order valence-corrected chi connectivity index (χ0v) is 13.5. The summed E-state index contributed by atoms with van der Waals surface area (Å²) in [6.07, 6.45) is 12.2. The van der Waals surface area contributed by atoms with Gasteiger partial charge >= 0.3 is 0 Å². The molecule has 0 bridgehead atoms. The van der Waals surface area contributed by atoms with Crippen molar-refractivity contribution in [2.24, 2.45) is 0 Å². The van der Waals surface area contributed by atoms with Crippen LogP contribution in [-0.4, -0.2) is 13.4 Å². The molecule has 0 N–H and O–H groups in total. The molecule has 0 aromatic heterocycles. The van der Waals surface area contributed by atoms with Crippen molar-refractivity contribution in [2.75, 3.05) is 13.4 Å². The van der Waals surface area contributed by atoms with Crippen LogP contribution < -0.4 is 9.47 Å². The van der Waals surface area contributed by atoms with E-state index in [9.17, 15) is 0 Å². The number of unbranched alkanes of at least 4 members (excludes halogenated alkanes) is 7. The molecule has 0 fully saturated rings. The van der Waals surface area contributed by atoms with Gasteiger partial charge in [-0.1, -0.05) is 44.2 Å². The molecule has 3 heteroatoms. The maximum atomic E-state index is 5.73. The first-order valence-corrected chi connectivity index (χ1v) is 8.47. The van der Waals surface area contributed by atoms with Gasteiger partial charge in [0.05, 0.1) is 6.61 Å². The van der Waals surface area contributed by atoms with Crippen LogP contribution in [0.3, 0.4) is 0 Å². The highest BCUT2D eigenvalue weighted by Gasteiger charge is 2.12. The standard InChI is InChI=1S/C19H28O3/c1-2-3-4-5-6-7-8-9-10-13-20-15-17-11-12-18-19(14-17)22-16-21-18/h2,11-12,14H,1,3-10,13,15-16H2. The van der Waals surface area contributed by atoms with Gasteiger partial charge in [0.1, 0.15) is 0 Å². The molecule has 1 aliphatic heterocycles. The first-order valence-electron chi connectivity index (χ1n) is 8.47. The van der Waals surface area contributed by atoms with Crippen molar-refractivity contribution < 1.29 is 14.2 Å². The van der Waals surface area contributed by atoms with Crippen molar-refractivity contribution >= 4 is 0 Å². The summed E-state index contributed by atoms with van der Waals surface area (Å²) in [4.78, 5) is 0. The van der Waals surface area contributed by atoms with E-state index in [1.807, 2.05) is 24.3 Å². The second-order valence-corrected chi connectivity index (χ2v) is 5.79. The van der Waals surface area contributed by atoms with Crippen LogP contribution in [0.1, 0.15) is 56.9 Å². The lowest BCUT2D eigenvalue weighted by Crippen LogP contribution is -1.96. The van der Waals surface area contributed by atoms with Crippen LogP contribution in [0.15, 0.2) is 30.9 Å². The molecule has 1 aliphatic rings. The summed E-state index contributed by atoms with van der Waals surface area (Å²) >= 11 is 0. The Bertz CT molecular complexity index is 442. The molecule has 0 atom stereocenters. The first-order chi connectivity index (χ1) is 10.9. The molecule has 122 valence electrons. The van der Waals surface area contributed by atoms with Crippen molar-refractivity contribution in [2.45, 2.75) is 58.0 Å². The van der Waals surface area contributed by atoms with Gasteiger partial charge in [0, 0.05) is 6.61 Å². The number of hydrogen-bond donors (Lipinski definition) is 0. The van der Waals surface area contributed by atoms with Gasteiger partial charge in [0.15, 0.2) is 11.5 Å². The van der Waals surface area contributed by atoms with E-state index in [1.165, 1.54) is 38.5 Å². The highest BCUT2D eigenvalue weighted by molar-refractivity contribution is 5.44. The minimum atomic E-state index is 0.327. The van der Waals surface area contributed by atoms with E-state index in [0.29, 0.717) is 13.4 Å². The predicted octanol–water partition coefficient (Wildman–Crippen LogP) is 5.24. The van der Waals surface area contributed by atoms with Crippen LogP contribution in [0.5, 0.6) is 11.5 Å².